The Morgan fingerprint density at radius 2 is 2.16 bits per heavy atom. The highest BCUT2D eigenvalue weighted by molar-refractivity contribution is 5.75. The van der Waals surface area contributed by atoms with Crippen LogP contribution in [0.2, 0.25) is 0 Å². The number of carbonyl (C=O) groups excluding carboxylic acids is 1. The number of hydrogen-bond acceptors (Lipinski definition) is 3. The van der Waals surface area contributed by atoms with E-state index < -0.39 is 5.97 Å². The third-order valence-corrected chi connectivity index (χ3v) is 4.14. The molecule has 0 aromatic heterocycles. The van der Waals surface area contributed by atoms with Crippen LogP contribution in [0, 0.1) is 11.3 Å². The SMILES string of the molecule is CC1(C)CN(C(=O)NCCCC(=O)O)[C@@H]2COC[C@@H]21. The van der Waals surface area contributed by atoms with Gasteiger partial charge in [0, 0.05) is 25.4 Å². The number of carboxylic acids is 1. The molecular weight excluding hydrogens is 248 g/mol. The molecule has 108 valence electrons. The molecular formula is C13H22N2O4. The van der Waals surface area contributed by atoms with Crippen LogP contribution in [0.15, 0.2) is 0 Å². The van der Waals surface area contributed by atoms with E-state index in [2.05, 4.69) is 19.2 Å². The average molecular weight is 270 g/mol. The van der Waals surface area contributed by atoms with Gasteiger partial charge in [0.25, 0.3) is 0 Å². The molecule has 0 aliphatic carbocycles. The first-order valence-corrected chi connectivity index (χ1v) is 6.76. The molecule has 2 fully saturated rings. The van der Waals surface area contributed by atoms with Gasteiger partial charge in [0.05, 0.1) is 19.3 Å². The fourth-order valence-corrected chi connectivity index (χ4v) is 3.03. The Labute approximate surface area is 113 Å². The zero-order chi connectivity index (χ0) is 14.0. The minimum Gasteiger partial charge on any atom is -0.481 e. The summed E-state index contributed by atoms with van der Waals surface area (Å²) in [5, 5.41) is 11.3. The molecule has 0 spiro atoms. The van der Waals surface area contributed by atoms with E-state index in [-0.39, 0.29) is 23.9 Å². The maximum Gasteiger partial charge on any atom is 0.317 e. The summed E-state index contributed by atoms with van der Waals surface area (Å²) in [6.07, 6.45) is 0.545. The first kappa shape index (κ1) is 14.1. The quantitative estimate of drug-likeness (QED) is 0.744. The molecule has 19 heavy (non-hydrogen) atoms. The Bertz CT molecular complexity index is 370. The molecule has 0 unspecified atom stereocenters. The Balaban J connectivity index is 1.84. The molecule has 0 bridgehead atoms. The molecule has 2 heterocycles. The number of urea groups is 1. The van der Waals surface area contributed by atoms with E-state index in [0.29, 0.717) is 25.5 Å². The van der Waals surface area contributed by atoms with Gasteiger partial charge in [0.1, 0.15) is 0 Å². The van der Waals surface area contributed by atoms with Crippen molar-refractivity contribution in [3.63, 3.8) is 0 Å². The van der Waals surface area contributed by atoms with Crippen molar-refractivity contribution >= 4 is 12.0 Å². The Kier molecular flexibility index (Phi) is 3.99. The number of likely N-dealkylation sites (tertiary alicyclic amines) is 1. The van der Waals surface area contributed by atoms with Crippen LogP contribution >= 0.6 is 0 Å². The van der Waals surface area contributed by atoms with Crippen molar-refractivity contribution < 1.29 is 19.4 Å². The van der Waals surface area contributed by atoms with Crippen molar-refractivity contribution in [2.24, 2.45) is 11.3 Å². The van der Waals surface area contributed by atoms with Crippen LogP contribution in [-0.4, -0.2) is 54.4 Å². The minimum atomic E-state index is -0.833. The third-order valence-electron chi connectivity index (χ3n) is 4.14. The van der Waals surface area contributed by atoms with Gasteiger partial charge in [0.15, 0.2) is 0 Å². The van der Waals surface area contributed by atoms with E-state index in [1.54, 1.807) is 0 Å². The Hall–Kier alpha value is -1.30. The van der Waals surface area contributed by atoms with Crippen molar-refractivity contribution in [1.82, 2.24) is 10.2 Å². The number of carboxylic acid groups (broad SMARTS) is 1. The van der Waals surface area contributed by atoms with Gasteiger partial charge in [-0.1, -0.05) is 13.8 Å². The molecule has 2 aliphatic rings. The molecule has 6 heteroatoms. The van der Waals surface area contributed by atoms with Gasteiger partial charge in [-0.05, 0) is 11.8 Å². The highest BCUT2D eigenvalue weighted by Crippen LogP contribution is 2.42. The molecule has 2 amide bonds. The molecule has 2 N–H and O–H groups in total. The monoisotopic (exact) mass is 270 g/mol. The second kappa shape index (κ2) is 5.36. The standard InChI is InChI=1S/C13H22N2O4/c1-13(2)8-15(10-7-19-6-9(10)13)12(18)14-5-3-4-11(16)17/h9-10H,3-8H2,1-2H3,(H,14,18)(H,16,17)/t9-,10+/m0/s1. The van der Waals surface area contributed by atoms with Gasteiger partial charge >= 0.3 is 12.0 Å². The summed E-state index contributed by atoms with van der Waals surface area (Å²) in [6, 6.07) is 0.0611. The average Bonchev–Trinajstić information content (AvgIpc) is 2.88. The summed E-state index contributed by atoms with van der Waals surface area (Å²) < 4.78 is 5.49. The molecule has 0 aromatic rings. The van der Waals surface area contributed by atoms with Crippen LogP contribution in [0.3, 0.4) is 0 Å². The first-order valence-electron chi connectivity index (χ1n) is 6.76. The van der Waals surface area contributed by atoms with Gasteiger partial charge in [-0.2, -0.15) is 0 Å². The van der Waals surface area contributed by atoms with E-state index in [1.807, 2.05) is 4.90 Å². The summed E-state index contributed by atoms with van der Waals surface area (Å²) in [5.41, 5.74) is 0.0829. The molecule has 0 saturated carbocycles. The van der Waals surface area contributed by atoms with Gasteiger partial charge in [-0.15, -0.1) is 0 Å². The Morgan fingerprint density at radius 3 is 2.84 bits per heavy atom. The van der Waals surface area contributed by atoms with Crippen LogP contribution in [-0.2, 0) is 9.53 Å². The number of hydrogen-bond donors (Lipinski definition) is 2. The number of aliphatic carboxylic acids is 1. The molecule has 2 aliphatic heterocycles. The lowest BCUT2D eigenvalue weighted by Gasteiger charge is -2.24. The van der Waals surface area contributed by atoms with Crippen LogP contribution in [0.5, 0.6) is 0 Å². The van der Waals surface area contributed by atoms with E-state index in [0.717, 1.165) is 13.2 Å². The number of rotatable bonds is 4. The lowest BCUT2D eigenvalue weighted by atomic mass is 9.80. The highest BCUT2D eigenvalue weighted by atomic mass is 16.5. The van der Waals surface area contributed by atoms with Crippen molar-refractivity contribution in [2.75, 3.05) is 26.3 Å². The zero-order valence-electron chi connectivity index (χ0n) is 11.5. The van der Waals surface area contributed by atoms with E-state index in [1.165, 1.54) is 0 Å². The third kappa shape index (κ3) is 3.00. The van der Waals surface area contributed by atoms with E-state index in [9.17, 15) is 9.59 Å². The summed E-state index contributed by atoms with van der Waals surface area (Å²) in [6.45, 7) is 6.79. The van der Waals surface area contributed by atoms with Crippen LogP contribution < -0.4 is 5.32 Å². The van der Waals surface area contributed by atoms with E-state index >= 15 is 0 Å². The van der Waals surface area contributed by atoms with Crippen LogP contribution in [0.1, 0.15) is 26.7 Å². The normalized spacial score (nSPS) is 28.2. The maximum atomic E-state index is 12.1. The summed E-state index contributed by atoms with van der Waals surface area (Å²) in [7, 11) is 0. The van der Waals surface area contributed by atoms with Gasteiger partial charge in [-0.25, -0.2) is 4.79 Å². The number of ether oxygens (including phenoxy) is 1. The summed E-state index contributed by atoms with van der Waals surface area (Å²) in [5.74, 6) is -0.432. The molecule has 2 saturated heterocycles. The van der Waals surface area contributed by atoms with Gasteiger partial charge < -0.3 is 20.1 Å². The lowest BCUT2D eigenvalue weighted by molar-refractivity contribution is -0.137. The zero-order valence-corrected chi connectivity index (χ0v) is 11.5. The predicted octanol–water partition coefficient (Wildman–Crippen LogP) is 0.918. The second-order valence-electron chi connectivity index (χ2n) is 6.06. The van der Waals surface area contributed by atoms with E-state index in [4.69, 9.17) is 9.84 Å². The highest BCUT2D eigenvalue weighted by Gasteiger charge is 2.51. The summed E-state index contributed by atoms with van der Waals surface area (Å²) in [4.78, 5) is 24.4. The first-order chi connectivity index (χ1) is 8.92. The smallest absolute Gasteiger partial charge is 0.317 e. The van der Waals surface area contributed by atoms with Crippen molar-refractivity contribution in [1.29, 1.82) is 0 Å². The number of amides is 2. The van der Waals surface area contributed by atoms with Gasteiger partial charge in [0.2, 0.25) is 0 Å². The minimum absolute atomic E-state index is 0.0829. The fraction of sp³-hybridized carbons (Fsp3) is 0.846. The molecule has 0 radical (unpaired) electrons. The topological polar surface area (TPSA) is 78.9 Å². The predicted molar refractivity (Wildman–Crippen MR) is 68.9 cm³/mol. The van der Waals surface area contributed by atoms with Gasteiger partial charge in [-0.3, -0.25) is 4.79 Å². The van der Waals surface area contributed by atoms with Crippen molar-refractivity contribution in [3.8, 4) is 0 Å². The maximum absolute atomic E-state index is 12.1. The number of nitrogens with one attached hydrogen (secondary N) is 1. The summed E-state index contributed by atoms with van der Waals surface area (Å²) >= 11 is 0. The number of nitrogens with zero attached hydrogens (tertiary/aromatic N) is 1. The fourth-order valence-electron chi connectivity index (χ4n) is 3.03. The van der Waals surface area contributed by atoms with Crippen molar-refractivity contribution in [2.45, 2.75) is 32.7 Å². The second-order valence-corrected chi connectivity index (χ2v) is 6.06. The lowest BCUT2D eigenvalue weighted by Crippen LogP contribution is -2.45. The van der Waals surface area contributed by atoms with Crippen LogP contribution in [0.4, 0.5) is 4.79 Å². The molecule has 2 atom stereocenters. The number of fused-ring (bicyclic) bond motifs is 1. The van der Waals surface area contributed by atoms with Crippen molar-refractivity contribution in [3.05, 3.63) is 0 Å². The molecule has 6 nitrogen and oxygen atoms in total. The van der Waals surface area contributed by atoms with Crippen LogP contribution in [0.25, 0.3) is 0 Å². The molecule has 2 rings (SSSR count). The largest absolute Gasteiger partial charge is 0.481 e. The number of carbonyl (C=O) groups is 2. The Morgan fingerprint density at radius 1 is 1.42 bits per heavy atom. The molecule has 0 aromatic carbocycles.